The zero-order valence-electron chi connectivity index (χ0n) is 15.9. The van der Waals surface area contributed by atoms with Gasteiger partial charge in [-0.25, -0.2) is 0 Å². The second kappa shape index (κ2) is 6.60. The molecular formula is C24H16N2O4. The summed E-state index contributed by atoms with van der Waals surface area (Å²) in [5.74, 6) is -2.11. The number of rotatable bonds is 1. The maximum atomic E-state index is 13.5. The molecule has 2 aromatic carbocycles. The molecule has 30 heavy (non-hydrogen) atoms. The van der Waals surface area contributed by atoms with Gasteiger partial charge in [0.15, 0.2) is 5.78 Å². The van der Waals surface area contributed by atoms with Crippen LogP contribution in [0.1, 0.15) is 57.0 Å². The molecule has 1 fully saturated rings. The van der Waals surface area contributed by atoms with Gasteiger partial charge in [-0.05, 0) is 48.7 Å². The average molecular weight is 396 g/mol. The number of Topliss-reactive ketones (excluding diaryl/α,β-unsaturated/α-hetero) is 3. The third-order valence-corrected chi connectivity index (χ3v) is 6.07. The SMILES string of the molecule is N#Cc1ccc(C2C3=C(N=C4CCCC(=O)C42)C(=O)c2ccc(O)cc2C3=O)cc1. The summed E-state index contributed by atoms with van der Waals surface area (Å²) >= 11 is 0. The van der Waals surface area contributed by atoms with Gasteiger partial charge in [0.05, 0.1) is 17.6 Å². The summed E-state index contributed by atoms with van der Waals surface area (Å²) in [6.07, 6.45) is 1.67. The molecule has 0 saturated heterocycles. The van der Waals surface area contributed by atoms with Crippen molar-refractivity contribution >= 4 is 23.1 Å². The molecule has 1 aliphatic heterocycles. The summed E-state index contributed by atoms with van der Waals surface area (Å²) in [4.78, 5) is 44.1. The molecule has 0 bridgehead atoms. The number of phenolic OH excluding ortho intramolecular Hbond substituents is 1. The lowest BCUT2D eigenvalue weighted by Crippen LogP contribution is -2.41. The number of fused-ring (bicyclic) bond motifs is 2. The Balaban J connectivity index is 1.76. The Kier molecular flexibility index (Phi) is 4.00. The van der Waals surface area contributed by atoms with Crippen LogP contribution in [0.3, 0.4) is 0 Å². The van der Waals surface area contributed by atoms with Crippen LogP contribution in [0.5, 0.6) is 5.75 Å². The van der Waals surface area contributed by atoms with Crippen molar-refractivity contribution in [3.05, 3.63) is 76.0 Å². The minimum atomic E-state index is -0.639. The number of hydrogen-bond donors (Lipinski definition) is 1. The van der Waals surface area contributed by atoms with Crippen LogP contribution in [0.15, 0.2) is 58.7 Å². The Hall–Kier alpha value is -3.85. The first-order valence-electron chi connectivity index (χ1n) is 9.76. The third-order valence-electron chi connectivity index (χ3n) is 6.07. The van der Waals surface area contributed by atoms with Crippen molar-refractivity contribution in [2.45, 2.75) is 25.2 Å². The van der Waals surface area contributed by atoms with Gasteiger partial charge in [-0.3, -0.25) is 19.4 Å². The molecule has 2 aliphatic carbocycles. The smallest absolute Gasteiger partial charge is 0.212 e. The van der Waals surface area contributed by atoms with Crippen molar-refractivity contribution in [1.29, 1.82) is 5.26 Å². The van der Waals surface area contributed by atoms with Gasteiger partial charge >= 0.3 is 0 Å². The number of aliphatic imine (C=N–C) groups is 1. The molecule has 1 saturated carbocycles. The third kappa shape index (κ3) is 2.56. The highest BCUT2D eigenvalue weighted by Crippen LogP contribution is 2.46. The van der Waals surface area contributed by atoms with E-state index in [9.17, 15) is 19.5 Å². The van der Waals surface area contributed by atoms with E-state index in [2.05, 4.69) is 11.1 Å². The minimum Gasteiger partial charge on any atom is -0.508 e. The number of nitriles is 1. The number of carbonyl (C=O) groups is 3. The van der Waals surface area contributed by atoms with Crippen molar-refractivity contribution in [3.8, 4) is 11.8 Å². The zero-order chi connectivity index (χ0) is 21.0. The van der Waals surface area contributed by atoms with Gasteiger partial charge in [0.2, 0.25) is 5.78 Å². The van der Waals surface area contributed by atoms with E-state index in [1.165, 1.54) is 18.2 Å². The quantitative estimate of drug-likeness (QED) is 0.794. The van der Waals surface area contributed by atoms with Crippen molar-refractivity contribution in [1.82, 2.24) is 0 Å². The highest BCUT2D eigenvalue weighted by Gasteiger charge is 2.47. The molecule has 2 atom stereocenters. The van der Waals surface area contributed by atoms with Crippen LogP contribution in [0.25, 0.3) is 0 Å². The first-order chi connectivity index (χ1) is 14.5. The summed E-state index contributed by atoms with van der Waals surface area (Å²) in [6.45, 7) is 0. The lowest BCUT2D eigenvalue weighted by molar-refractivity contribution is -0.121. The molecule has 0 radical (unpaired) electrons. The van der Waals surface area contributed by atoms with E-state index in [1.807, 2.05) is 0 Å². The van der Waals surface area contributed by atoms with E-state index < -0.39 is 17.6 Å². The Morgan fingerprint density at radius 1 is 0.933 bits per heavy atom. The molecule has 3 aliphatic rings. The van der Waals surface area contributed by atoms with E-state index in [0.29, 0.717) is 36.1 Å². The number of benzene rings is 2. The monoisotopic (exact) mass is 396 g/mol. The molecule has 0 amide bonds. The highest BCUT2D eigenvalue weighted by atomic mass is 16.3. The second-order valence-electron chi connectivity index (χ2n) is 7.76. The van der Waals surface area contributed by atoms with Crippen LogP contribution >= 0.6 is 0 Å². The van der Waals surface area contributed by atoms with Crippen molar-refractivity contribution in [3.63, 3.8) is 0 Å². The number of ketones is 3. The highest BCUT2D eigenvalue weighted by molar-refractivity contribution is 6.29. The number of carbonyl (C=O) groups excluding carboxylic acids is 3. The van der Waals surface area contributed by atoms with Crippen LogP contribution in [-0.2, 0) is 4.79 Å². The first-order valence-corrected chi connectivity index (χ1v) is 9.76. The van der Waals surface area contributed by atoms with Crippen LogP contribution in [0.4, 0.5) is 0 Å². The topological polar surface area (TPSA) is 108 Å². The van der Waals surface area contributed by atoms with Gasteiger partial charge < -0.3 is 5.11 Å². The Labute approximate surface area is 172 Å². The number of nitrogens with zero attached hydrogens (tertiary/aromatic N) is 2. The van der Waals surface area contributed by atoms with E-state index in [0.717, 1.165) is 0 Å². The standard InChI is InChI=1S/C24H16N2O4/c25-11-12-4-6-13(7-5-12)19-20-17(2-1-3-18(20)28)26-22-21(19)23(29)16-10-14(27)8-9-15(16)24(22)30/h4-10,19-20,27H,1-3H2. The van der Waals surface area contributed by atoms with E-state index in [-0.39, 0.29) is 39.7 Å². The fourth-order valence-electron chi connectivity index (χ4n) is 4.70. The molecule has 2 unspecified atom stereocenters. The molecule has 0 aromatic heterocycles. The number of hydrogen-bond acceptors (Lipinski definition) is 6. The maximum absolute atomic E-state index is 13.5. The fourth-order valence-corrected chi connectivity index (χ4v) is 4.70. The van der Waals surface area contributed by atoms with Crippen molar-refractivity contribution < 1.29 is 19.5 Å². The number of allylic oxidation sites excluding steroid dienone is 2. The molecule has 6 nitrogen and oxygen atoms in total. The van der Waals surface area contributed by atoms with Crippen molar-refractivity contribution in [2.75, 3.05) is 0 Å². The molecule has 146 valence electrons. The Bertz CT molecular complexity index is 1240. The maximum Gasteiger partial charge on any atom is 0.212 e. The number of phenols is 1. The average Bonchev–Trinajstić information content (AvgIpc) is 2.76. The minimum absolute atomic E-state index is 0.00265. The van der Waals surface area contributed by atoms with Gasteiger partial charge in [0.1, 0.15) is 17.2 Å². The van der Waals surface area contributed by atoms with Crippen LogP contribution in [-0.4, -0.2) is 28.2 Å². The van der Waals surface area contributed by atoms with Gasteiger partial charge in [-0.15, -0.1) is 0 Å². The van der Waals surface area contributed by atoms with Gasteiger partial charge in [0.25, 0.3) is 0 Å². The molecular weight excluding hydrogens is 380 g/mol. The Morgan fingerprint density at radius 3 is 2.43 bits per heavy atom. The Morgan fingerprint density at radius 2 is 1.70 bits per heavy atom. The van der Waals surface area contributed by atoms with Crippen LogP contribution < -0.4 is 0 Å². The lowest BCUT2D eigenvalue weighted by Gasteiger charge is -2.37. The molecule has 6 heteroatoms. The molecule has 1 heterocycles. The molecule has 2 aromatic rings. The molecule has 1 N–H and O–H groups in total. The van der Waals surface area contributed by atoms with Crippen LogP contribution in [0, 0.1) is 17.2 Å². The predicted molar refractivity (Wildman–Crippen MR) is 107 cm³/mol. The summed E-state index contributed by atoms with van der Waals surface area (Å²) in [5.41, 5.74) is 2.43. The van der Waals surface area contributed by atoms with E-state index in [4.69, 9.17) is 5.26 Å². The van der Waals surface area contributed by atoms with Crippen molar-refractivity contribution in [2.24, 2.45) is 10.9 Å². The lowest BCUT2D eigenvalue weighted by atomic mass is 9.66. The summed E-state index contributed by atoms with van der Waals surface area (Å²) < 4.78 is 0. The molecule has 0 spiro atoms. The van der Waals surface area contributed by atoms with Crippen LogP contribution in [0.2, 0.25) is 0 Å². The normalized spacial score (nSPS) is 22.6. The summed E-state index contributed by atoms with van der Waals surface area (Å²) in [7, 11) is 0. The second-order valence-corrected chi connectivity index (χ2v) is 7.76. The molecule has 5 rings (SSSR count). The zero-order valence-corrected chi connectivity index (χ0v) is 15.9. The largest absolute Gasteiger partial charge is 0.508 e. The summed E-state index contributed by atoms with van der Waals surface area (Å²) in [6, 6.07) is 12.9. The van der Waals surface area contributed by atoms with E-state index >= 15 is 0 Å². The van der Waals surface area contributed by atoms with Gasteiger partial charge in [0, 0.05) is 34.8 Å². The fraction of sp³-hybridized carbons (Fsp3) is 0.208. The van der Waals surface area contributed by atoms with E-state index in [1.54, 1.807) is 24.3 Å². The van der Waals surface area contributed by atoms with Gasteiger partial charge in [-0.1, -0.05) is 12.1 Å². The summed E-state index contributed by atoms with van der Waals surface area (Å²) in [5, 5.41) is 19.0. The number of aromatic hydroxyl groups is 1. The first kappa shape index (κ1) is 18.2. The van der Waals surface area contributed by atoms with Gasteiger partial charge in [-0.2, -0.15) is 5.26 Å². The predicted octanol–water partition coefficient (Wildman–Crippen LogP) is 3.50.